The maximum atomic E-state index is 12.2. The lowest BCUT2D eigenvalue weighted by atomic mass is 10.1. The fourth-order valence-electron chi connectivity index (χ4n) is 1.73. The monoisotopic (exact) mass is 300 g/mol. The zero-order chi connectivity index (χ0) is 15.3. The number of sulfonamides is 1. The van der Waals surface area contributed by atoms with Gasteiger partial charge < -0.3 is 10.5 Å². The van der Waals surface area contributed by atoms with Crippen LogP contribution in [0.25, 0.3) is 0 Å². The molecule has 20 heavy (non-hydrogen) atoms. The van der Waals surface area contributed by atoms with Gasteiger partial charge in [0.1, 0.15) is 0 Å². The van der Waals surface area contributed by atoms with Crippen molar-refractivity contribution in [3.63, 3.8) is 0 Å². The predicted octanol–water partition coefficient (Wildman–Crippen LogP) is 1.12. The molecular weight excluding hydrogens is 280 g/mol. The van der Waals surface area contributed by atoms with E-state index in [0.29, 0.717) is 11.3 Å². The molecule has 0 aliphatic rings. The minimum absolute atomic E-state index is 0.00550. The first kappa shape index (κ1) is 16.5. The summed E-state index contributed by atoms with van der Waals surface area (Å²) in [5, 5.41) is 0. The number of hydrogen-bond acceptors (Lipinski definition) is 5. The summed E-state index contributed by atoms with van der Waals surface area (Å²) >= 11 is 0. The number of nitrogens with two attached hydrogens (primary N) is 1. The molecule has 0 bridgehead atoms. The number of anilines is 1. The zero-order valence-corrected chi connectivity index (χ0v) is 12.7. The molecule has 0 aliphatic heterocycles. The van der Waals surface area contributed by atoms with Gasteiger partial charge in [-0.2, -0.15) is 0 Å². The van der Waals surface area contributed by atoms with E-state index in [2.05, 4.69) is 4.72 Å². The highest BCUT2D eigenvalue weighted by atomic mass is 32.2. The van der Waals surface area contributed by atoms with Gasteiger partial charge in [0.2, 0.25) is 10.0 Å². The molecule has 0 heterocycles. The van der Waals surface area contributed by atoms with Crippen molar-refractivity contribution in [2.75, 3.05) is 18.9 Å². The summed E-state index contributed by atoms with van der Waals surface area (Å²) < 4.78 is 31.5. The van der Waals surface area contributed by atoms with Crippen molar-refractivity contribution in [2.45, 2.75) is 32.1 Å². The summed E-state index contributed by atoms with van der Waals surface area (Å²) in [7, 11) is -3.68. The number of benzene rings is 1. The minimum atomic E-state index is -3.68. The van der Waals surface area contributed by atoms with Gasteiger partial charge in [0.25, 0.3) is 0 Å². The number of nitrogen functional groups attached to an aromatic ring is 1. The lowest BCUT2D eigenvalue weighted by Crippen LogP contribution is -2.27. The topological polar surface area (TPSA) is 98.5 Å². The van der Waals surface area contributed by atoms with Crippen LogP contribution in [0.2, 0.25) is 0 Å². The van der Waals surface area contributed by atoms with E-state index in [-0.39, 0.29) is 24.5 Å². The Bertz CT molecular complexity index is 597. The van der Waals surface area contributed by atoms with E-state index in [0.717, 1.165) is 5.56 Å². The smallest absolute Gasteiger partial charge is 0.307 e. The lowest BCUT2D eigenvalue weighted by molar-refractivity contribution is -0.142. The lowest BCUT2D eigenvalue weighted by Gasteiger charge is -2.12. The standard InChI is InChI=1S/C13H20N2O4S/c1-4-19-13(16)5-6-15-20(17,18)12-8-9(2)7-11(14)10(12)3/h7-8,15H,4-6,14H2,1-3H3. The molecule has 0 unspecified atom stereocenters. The van der Waals surface area contributed by atoms with Crippen LogP contribution in [-0.2, 0) is 19.6 Å². The second-order valence-electron chi connectivity index (χ2n) is 4.43. The quantitative estimate of drug-likeness (QED) is 0.606. The van der Waals surface area contributed by atoms with Crippen molar-refractivity contribution in [1.82, 2.24) is 4.72 Å². The molecule has 6 nitrogen and oxygen atoms in total. The van der Waals surface area contributed by atoms with Gasteiger partial charge in [0, 0.05) is 12.2 Å². The van der Waals surface area contributed by atoms with Gasteiger partial charge in [0.05, 0.1) is 17.9 Å². The van der Waals surface area contributed by atoms with Gasteiger partial charge in [-0.1, -0.05) is 0 Å². The Morgan fingerprint density at radius 3 is 2.60 bits per heavy atom. The van der Waals surface area contributed by atoms with Crippen molar-refractivity contribution < 1.29 is 17.9 Å². The van der Waals surface area contributed by atoms with Crippen LogP contribution in [0, 0.1) is 13.8 Å². The van der Waals surface area contributed by atoms with E-state index < -0.39 is 16.0 Å². The van der Waals surface area contributed by atoms with Crippen LogP contribution < -0.4 is 10.5 Å². The number of hydrogen-bond donors (Lipinski definition) is 2. The van der Waals surface area contributed by atoms with Gasteiger partial charge >= 0.3 is 5.97 Å². The van der Waals surface area contributed by atoms with Crippen LogP contribution in [-0.4, -0.2) is 27.5 Å². The second-order valence-corrected chi connectivity index (χ2v) is 6.17. The van der Waals surface area contributed by atoms with Crippen LogP contribution >= 0.6 is 0 Å². The number of ether oxygens (including phenoxy) is 1. The van der Waals surface area contributed by atoms with Gasteiger partial charge in [-0.15, -0.1) is 0 Å². The Kier molecular flexibility index (Phi) is 5.52. The number of nitrogens with one attached hydrogen (secondary N) is 1. The number of carbonyl (C=O) groups excluding carboxylic acids is 1. The maximum Gasteiger partial charge on any atom is 0.307 e. The van der Waals surface area contributed by atoms with Gasteiger partial charge in [-0.3, -0.25) is 4.79 Å². The molecule has 0 saturated heterocycles. The third-order valence-electron chi connectivity index (χ3n) is 2.76. The molecule has 112 valence electrons. The zero-order valence-electron chi connectivity index (χ0n) is 11.9. The van der Waals surface area contributed by atoms with E-state index in [4.69, 9.17) is 10.5 Å². The van der Waals surface area contributed by atoms with E-state index in [9.17, 15) is 13.2 Å². The largest absolute Gasteiger partial charge is 0.466 e. The van der Waals surface area contributed by atoms with Crippen LogP contribution in [0.3, 0.4) is 0 Å². The molecular formula is C13H20N2O4S. The second kappa shape index (κ2) is 6.71. The minimum Gasteiger partial charge on any atom is -0.466 e. The fraction of sp³-hybridized carbons (Fsp3) is 0.462. The Balaban J connectivity index is 2.82. The van der Waals surface area contributed by atoms with Gasteiger partial charge in [-0.25, -0.2) is 13.1 Å². The number of rotatable bonds is 6. The van der Waals surface area contributed by atoms with Crippen molar-refractivity contribution in [2.24, 2.45) is 0 Å². The van der Waals surface area contributed by atoms with E-state index in [1.54, 1.807) is 32.9 Å². The summed E-state index contributed by atoms with van der Waals surface area (Å²) in [6.07, 6.45) is -0.00653. The molecule has 1 aromatic rings. The molecule has 0 aromatic heterocycles. The van der Waals surface area contributed by atoms with Gasteiger partial charge in [-0.05, 0) is 44.0 Å². The fourth-order valence-corrected chi connectivity index (χ4v) is 3.12. The summed E-state index contributed by atoms with van der Waals surface area (Å²) in [5.41, 5.74) is 7.46. The predicted molar refractivity (Wildman–Crippen MR) is 76.8 cm³/mol. The highest BCUT2D eigenvalue weighted by Gasteiger charge is 2.18. The molecule has 1 aromatic carbocycles. The molecule has 0 aliphatic carbocycles. The third kappa shape index (κ3) is 4.21. The van der Waals surface area contributed by atoms with E-state index in [1.165, 1.54) is 0 Å². The van der Waals surface area contributed by atoms with Crippen molar-refractivity contribution in [3.05, 3.63) is 23.3 Å². The Morgan fingerprint density at radius 2 is 2.00 bits per heavy atom. The average Bonchev–Trinajstić information content (AvgIpc) is 2.33. The molecule has 0 fully saturated rings. The van der Waals surface area contributed by atoms with Crippen molar-refractivity contribution >= 4 is 21.7 Å². The molecule has 1 rings (SSSR count). The number of carbonyl (C=O) groups is 1. The first-order valence-electron chi connectivity index (χ1n) is 6.30. The summed E-state index contributed by atoms with van der Waals surface area (Å²) in [5.74, 6) is -0.435. The highest BCUT2D eigenvalue weighted by Crippen LogP contribution is 2.22. The molecule has 0 spiro atoms. The Labute approximate surface area is 119 Å². The summed E-state index contributed by atoms with van der Waals surface area (Å²) in [4.78, 5) is 11.3. The highest BCUT2D eigenvalue weighted by molar-refractivity contribution is 7.89. The number of aryl methyl sites for hydroxylation is 1. The van der Waals surface area contributed by atoms with Crippen LogP contribution in [0.1, 0.15) is 24.5 Å². The molecule has 0 amide bonds. The first-order chi connectivity index (χ1) is 9.27. The molecule has 7 heteroatoms. The third-order valence-corrected chi connectivity index (χ3v) is 4.35. The number of esters is 1. The molecule has 0 atom stereocenters. The SMILES string of the molecule is CCOC(=O)CCNS(=O)(=O)c1cc(C)cc(N)c1C. The molecule has 0 saturated carbocycles. The molecule has 0 radical (unpaired) electrons. The van der Waals surface area contributed by atoms with Gasteiger partial charge in [0.15, 0.2) is 0 Å². The van der Waals surface area contributed by atoms with Crippen LogP contribution in [0.4, 0.5) is 5.69 Å². The van der Waals surface area contributed by atoms with Crippen LogP contribution in [0.5, 0.6) is 0 Å². The summed E-state index contributed by atoms with van der Waals surface area (Å²) in [6.45, 7) is 5.39. The average molecular weight is 300 g/mol. The van der Waals surface area contributed by atoms with E-state index in [1.807, 2.05) is 0 Å². The summed E-state index contributed by atoms with van der Waals surface area (Å²) in [6, 6.07) is 3.27. The van der Waals surface area contributed by atoms with Crippen molar-refractivity contribution in [1.29, 1.82) is 0 Å². The normalized spacial score (nSPS) is 11.3. The Morgan fingerprint density at radius 1 is 1.35 bits per heavy atom. The van der Waals surface area contributed by atoms with Crippen LogP contribution in [0.15, 0.2) is 17.0 Å². The van der Waals surface area contributed by atoms with E-state index >= 15 is 0 Å². The Hall–Kier alpha value is -1.60. The maximum absolute atomic E-state index is 12.2. The first-order valence-corrected chi connectivity index (χ1v) is 7.78. The molecule has 3 N–H and O–H groups in total. The van der Waals surface area contributed by atoms with Crippen molar-refractivity contribution in [3.8, 4) is 0 Å².